The summed E-state index contributed by atoms with van der Waals surface area (Å²) in [4.78, 5) is 0. The molecule has 0 aromatic heterocycles. The van der Waals surface area contributed by atoms with Crippen LogP contribution in [0.1, 0.15) is 31.2 Å². The molecule has 0 bridgehead atoms. The molecule has 0 radical (unpaired) electrons. The molecular weight excluding hydrogens is 258 g/mol. The van der Waals surface area contributed by atoms with Crippen LogP contribution in [0.3, 0.4) is 0 Å². The van der Waals surface area contributed by atoms with Gasteiger partial charge in [-0.2, -0.15) is 0 Å². The fourth-order valence-corrected chi connectivity index (χ4v) is 2.90. The van der Waals surface area contributed by atoms with Crippen LogP contribution in [0, 0.1) is 0 Å². The zero-order valence-corrected chi connectivity index (χ0v) is 11.7. The number of aliphatic hydroxyl groups excluding tert-OH is 1. The van der Waals surface area contributed by atoms with Crippen molar-refractivity contribution in [2.75, 3.05) is 13.9 Å². The summed E-state index contributed by atoms with van der Waals surface area (Å²) in [5.74, 6) is 2.13. The molecule has 3 rings (SSSR count). The van der Waals surface area contributed by atoms with Crippen molar-refractivity contribution in [2.24, 2.45) is 0 Å². The molecular formula is C15H21NO4. The zero-order valence-electron chi connectivity index (χ0n) is 11.7. The summed E-state index contributed by atoms with van der Waals surface area (Å²) in [6, 6.07) is 4.34. The van der Waals surface area contributed by atoms with Gasteiger partial charge in [-0.3, -0.25) is 0 Å². The van der Waals surface area contributed by atoms with E-state index in [1.165, 1.54) is 0 Å². The van der Waals surface area contributed by atoms with E-state index < -0.39 is 0 Å². The summed E-state index contributed by atoms with van der Waals surface area (Å²) in [7, 11) is 1.63. The van der Waals surface area contributed by atoms with Gasteiger partial charge in [-0.15, -0.1) is 0 Å². The number of nitrogens with one attached hydrogen (secondary N) is 1. The van der Waals surface area contributed by atoms with Crippen molar-refractivity contribution in [1.29, 1.82) is 0 Å². The molecule has 5 heteroatoms. The number of fused-ring (bicyclic) bond motifs is 1. The van der Waals surface area contributed by atoms with E-state index in [2.05, 4.69) is 5.32 Å². The number of aliphatic hydroxyl groups is 1. The standard InChI is InChI=1S/C15H21NO4/c1-18-13-5-10(6-14-15(13)20-9-19-14)8-16-11-3-2-4-12(17)7-11/h5-6,11-12,16-17H,2-4,7-9H2,1H3. The van der Waals surface area contributed by atoms with Gasteiger partial charge in [0.2, 0.25) is 12.5 Å². The van der Waals surface area contributed by atoms with Gasteiger partial charge in [0.15, 0.2) is 11.5 Å². The van der Waals surface area contributed by atoms with Crippen molar-refractivity contribution < 1.29 is 19.3 Å². The van der Waals surface area contributed by atoms with Crippen LogP contribution in [-0.4, -0.2) is 31.2 Å². The van der Waals surface area contributed by atoms with Gasteiger partial charge in [-0.05, 0) is 43.4 Å². The highest BCUT2D eigenvalue weighted by Crippen LogP contribution is 2.41. The Morgan fingerprint density at radius 2 is 2.25 bits per heavy atom. The highest BCUT2D eigenvalue weighted by atomic mass is 16.7. The molecule has 1 heterocycles. The monoisotopic (exact) mass is 279 g/mol. The smallest absolute Gasteiger partial charge is 0.231 e. The van der Waals surface area contributed by atoms with Crippen molar-refractivity contribution in [3.8, 4) is 17.2 Å². The van der Waals surface area contributed by atoms with Gasteiger partial charge in [0.05, 0.1) is 13.2 Å². The number of hydrogen-bond donors (Lipinski definition) is 2. The molecule has 1 aromatic rings. The molecule has 2 N–H and O–H groups in total. The molecule has 2 unspecified atom stereocenters. The molecule has 5 nitrogen and oxygen atoms in total. The second kappa shape index (κ2) is 5.89. The van der Waals surface area contributed by atoms with Crippen LogP contribution in [0.4, 0.5) is 0 Å². The molecule has 1 aliphatic heterocycles. The minimum atomic E-state index is -0.160. The first kappa shape index (κ1) is 13.5. The third-order valence-electron chi connectivity index (χ3n) is 3.96. The maximum absolute atomic E-state index is 9.69. The number of benzene rings is 1. The number of methoxy groups -OCH3 is 1. The van der Waals surface area contributed by atoms with Crippen LogP contribution in [-0.2, 0) is 6.54 Å². The Kier molecular flexibility index (Phi) is 3.98. The Morgan fingerprint density at radius 3 is 3.05 bits per heavy atom. The Balaban J connectivity index is 1.65. The minimum Gasteiger partial charge on any atom is -0.493 e. The van der Waals surface area contributed by atoms with Crippen LogP contribution in [0.5, 0.6) is 17.2 Å². The Bertz CT molecular complexity index is 477. The Hall–Kier alpha value is -1.46. The van der Waals surface area contributed by atoms with Crippen molar-refractivity contribution in [1.82, 2.24) is 5.32 Å². The second-order valence-corrected chi connectivity index (χ2v) is 5.43. The molecule has 2 atom stereocenters. The number of rotatable bonds is 4. The normalized spacial score (nSPS) is 24.7. The topological polar surface area (TPSA) is 60.0 Å². The van der Waals surface area contributed by atoms with Gasteiger partial charge in [0.25, 0.3) is 0 Å². The van der Waals surface area contributed by atoms with Crippen LogP contribution < -0.4 is 19.5 Å². The quantitative estimate of drug-likeness (QED) is 0.880. The van der Waals surface area contributed by atoms with Gasteiger partial charge < -0.3 is 24.6 Å². The van der Waals surface area contributed by atoms with Gasteiger partial charge >= 0.3 is 0 Å². The van der Waals surface area contributed by atoms with Crippen molar-refractivity contribution in [3.63, 3.8) is 0 Å². The summed E-state index contributed by atoms with van der Waals surface area (Å²) < 4.78 is 16.1. The van der Waals surface area contributed by atoms with Gasteiger partial charge in [0, 0.05) is 12.6 Å². The molecule has 1 aromatic carbocycles. The predicted molar refractivity (Wildman–Crippen MR) is 74.2 cm³/mol. The van der Waals surface area contributed by atoms with Crippen LogP contribution in [0.2, 0.25) is 0 Å². The van der Waals surface area contributed by atoms with E-state index in [-0.39, 0.29) is 12.9 Å². The molecule has 0 saturated heterocycles. The third kappa shape index (κ3) is 2.83. The van der Waals surface area contributed by atoms with Crippen molar-refractivity contribution in [2.45, 2.75) is 44.4 Å². The average Bonchev–Trinajstić information content (AvgIpc) is 2.92. The molecule has 0 amide bonds. The fraction of sp³-hybridized carbons (Fsp3) is 0.600. The van der Waals surface area contributed by atoms with Crippen molar-refractivity contribution in [3.05, 3.63) is 17.7 Å². The first-order valence-corrected chi connectivity index (χ1v) is 7.14. The first-order chi connectivity index (χ1) is 9.76. The van der Waals surface area contributed by atoms with Gasteiger partial charge in [-0.1, -0.05) is 0 Å². The van der Waals surface area contributed by atoms with E-state index >= 15 is 0 Å². The highest BCUT2D eigenvalue weighted by molar-refractivity contribution is 5.55. The minimum absolute atomic E-state index is 0.160. The number of hydrogen-bond acceptors (Lipinski definition) is 5. The summed E-state index contributed by atoms with van der Waals surface area (Å²) in [5, 5.41) is 13.2. The van der Waals surface area contributed by atoms with Crippen LogP contribution in [0.15, 0.2) is 12.1 Å². The first-order valence-electron chi connectivity index (χ1n) is 7.14. The highest BCUT2D eigenvalue weighted by Gasteiger charge is 2.22. The fourth-order valence-electron chi connectivity index (χ4n) is 2.90. The lowest BCUT2D eigenvalue weighted by atomic mass is 9.93. The largest absolute Gasteiger partial charge is 0.493 e. The molecule has 0 spiro atoms. The average molecular weight is 279 g/mol. The van der Waals surface area contributed by atoms with E-state index in [1.807, 2.05) is 12.1 Å². The third-order valence-corrected chi connectivity index (χ3v) is 3.96. The van der Waals surface area contributed by atoms with Gasteiger partial charge in [0.1, 0.15) is 0 Å². The lowest BCUT2D eigenvalue weighted by Gasteiger charge is -2.26. The lowest BCUT2D eigenvalue weighted by molar-refractivity contribution is 0.111. The van der Waals surface area contributed by atoms with E-state index in [4.69, 9.17) is 14.2 Å². The predicted octanol–water partition coefficient (Wildman–Crippen LogP) is 1.82. The Morgan fingerprint density at radius 1 is 1.35 bits per heavy atom. The lowest BCUT2D eigenvalue weighted by Crippen LogP contribution is -2.35. The van der Waals surface area contributed by atoms with E-state index in [9.17, 15) is 5.11 Å². The SMILES string of the molecule is COc1cc(CNC2CCCC(O)C2)cc2c1OCO2. The summed E-state index contributed by atoms with van der Waals surface area (Å²) in [6.07, 6.45) is 3.81. The second-order valence-electron chi connectivity index (χ2n) is 5.43. The molecule has 110 valence electrons. The van der Waals surface area contributed by atoms with Crippen LogP contribution in [0.25, 0.3) is 0 Å². The van der Waals surface area contributed by atoms with Crippen LogP contribution >= 0.6 is 0 Å². The maximum Gasteiger partial charge on any atom is 0.231 e. The summed E-state index contributed by atoms with van der Waals surface area (Å²) in [6.45, 7) is 0.988. The summed E-state index contributed by atoms with van der Waals surface area (Å²) >= 11 is 0. The molecule has 20 heavy (non-hydrogen) atoms. The number of ether oxygens (including phenoxy) is 3. The van der Waals surface area contributed by atoms with E-state index in [0.29, 0.717) is 17.5 Å². The molecule has 1 aliphatic carbocycles. The van der Waals surface area contributed by atoms with Gasteiger partial charge in [-0.25, -0.2) is 0 Å². The van der Waals surface area contributed by atoms with E-state index in [0.717, 1.165) is 43.5 Å². The molecule has 1 saturated carbocycles. The zero-order chi connectivity index (χ0) is 13.9. The van der Waals surface area contributed by atoms with E-state index in [1.54, 1.807) is 7.11 Å². The summed E-state index contributed by atoms with van der Waals surface area (Å²) in [5.41, 5.74) is 1.10. The molecule has 2 aliphatic rings. The molecule has 1 fully saturated rings. The maximum atomic E-state index is 9.69. The Labute approximate surface area is 118 Å². The van der Waals surface area contributed by atoms with Crippen molar-refractivity contribution >= 4 is 0 Å².